The van der Waals surface area contributed by atoms with Gasteiger partial charge in [-0.05, 0) is 35.9 Å². The standard InChI is InChI=1S/C22H20BrNO3/c1-25-16-9-10-17(20(13-16)26-2)22-24-19-11-8-15(23)12-18(19)21(27-22)14-6-4-3-5-7-14/h3-13,21-22,24H,1-2H3/t21-,22-/m0/s1. The van der Waals surface area contributed by atoms with Crippen molar-refractivity contribution in [3.63, 3.8) is 0 Å². The minimum atomic E-state index is -0.343. The second-order valence-corrected chi connectivity index (χ2v) is 7.21. The highest BCUT2D eigenvalue weighted by Crippen LogP contribution is 2.44. The highest BCUT2D eigenvalue weighted by Gasteiger charge is 2.31. The quantitative estimate of drug-likeness (QED) is 0.581. The van der Waals surface area contributed by atoms with Crippen molar-refractivity contribution in [3.8, 4) is 11.5 Å². The third-order valence-electron chi connectivity index (χ3n) is 4.68. The third-order valence-corrected chi connectivity index (χ3v) is 5.17. The number of anilines is 1. The second kappa shape index (κ2) is 7.62. The predicted molar refractivity (Wildman–Crippen MR) is 109 cm³/mol. The van der Waals surface area contributed by atoms with E-state index in [9.17, 15) is 0 Å². The summed E-state index contributed by atoms with van der Waals surface area (Å²) in [4.78, 5) is 0. The first-order valence-electron chi connectivity index (χ1n) is 8.68. The summed E-state index contributed by atoms with van der Waals surface area (Å²) in [5.74, 6) is 1.47. The molecule has 4 nitrogen and oxygen atoms in total. The van der Waals surface area contributed by atoms with Crippen LogP contribution in [0, 0.1) is 0 Å². The van der Waals surface area contributed by atoms with E-state index in [0.717, 1.165) is 38.3 Å². The largest absolute Gasteiger partial charge is 0.497 e. The number of hydrogen-bond acceptors (Lipinski definition) is 4. The number of rotatable bonds is 4. The third kappa shape index (κ3) is 3.53. The Morgan fingerprint density at radius 1 is 0.889 bits per heavy atom. The summed E-state index contributed by atoms with van der Waals surface area (Å²) in [5.41, 5.74) is 4.17. The Balaban J connectivity index is 1.78. The van der Waals surface area contributed by atoms with Crippen LogP contribution in [0.2, 0.25) is 0 Å². The molecule has 1 N–H and O–H groups in total. The predicted octanol–water partition coefficient (Wildman–Crippen LogP) is 5.70. The van der Waals surface area contributed by atoms with Gasteiger partial charge < -0.3 is 19.5 Å². The molecule has 27 heavy (non-hydrogen) atoms. The Kier molecular flexibility index (Phi) is 5.05. The van der Waals surface area contributed by atoms with Gasteiger partial charge in [0.05, 0.1) is 14.2 Å². The molecule has 0 saturated carbocycles. The summed E-state index contributed by atoms with van der Waals surface area (Å²) in [6, 6.07) is 22.2. The number of fused-ring (bicyclic) bond motifs is 1. The van der Waals surface area contributed by atoms with E-state index < -0.39 is 0 Å². The lowest BCUT2D eigenvalue weighted by molar-refractivity contribution is 0.0145. The van der Waals surface area contributed by atoms with Gasteiger partial charge in [0.15, 0.2) is 6.23 Å². The van der Waals surface area contributed by atoms with E-state index in [0.29, 0.717) is 0 Å². The summed E-state index contributed by atoms with van der Waals surface area (Å²) in [6.45, 7) is 0. The lowest BCUT2D eigenvalue weighted by atomic mass is 9.97. The number of ether oxygens (including phenoxy) is 3. The topological polar surface area (TPSA) is 39.7 Å². The van der Waals surface area contributed by atoms with Gasteiger partial charge in [-0.2, -0.15) is 0 Å². The van der Waals surface area contributed by atoms with Crippen LogP contribution >= 0.6 is 15.9 Å². The Bertz CT molecular complexity index is 946. The molecule has 0 saturated heterocycles. The summed E-state index contributed by atoms with van der Waals surface area (Å²) in [6.07, 6.45) is -0.526. The molecule has 0 aliphatic carbocycles. The fourth-order valence-electron chi connectivity index (χ4n) is 3.34. The minimum absolute atomic E-state index is 0.184. The Hall–Kier alpha value is -2.50. The zero-order chi connectivity index (χ0) is 18.8. The van der Waals surface area contributed by atoms with Crippen molar-refractivity contribution in [3.05, 3.63) is 87.9 Å². The summed E-state index contributed by atoms with van der Waals surface area (Å²) in [7, 11) is 3.30. The van der Waals surface area contributed by atoms with Gasteiger partial charge in [0.25, 0.3) is 0 Å². The first-order chi connectivity index (χ1) is 13.2. The maximum Gasteiger partial charge on any atom is 0.158 e. The van der Waals surface area contributed by atoms with Crippen molar-refractivity contribution < 1.29 is 14.2 Å². The summed E-state index contributed by atoms with van der Waals surface area (Å²) >= 11 is 3.57. The van der Waals surface area contributed by atoms with Crippen LogP contribution in [0.5, 0.6) is 11.5 Å². The van der Waals surface area contributed by atoms with Gasteiger partial charge in [-0.25, -0.2) is 0 Å². The van der Waals surface area contributed by atoms with Crippen molar-refractivity contribution in [1.29, 1.82) is 0 Å². The minimum Gasteiger partial charge on any atom is -0.497 e. The van der Waals surface area contributed by atoms with Crippen molar-refractivity contribution >= 4 is 21.6 Å². The van der Waals surface area contributed by atoms with E-state index in [-0.39, 0.29) is 12.3 Å². The van der Waals surface area contributed by atoms with Crippen LogP contribution in [0.15, 0.2) is 71.2 Å². The van der Waals surface area contributed by atoms with Gasteiger partial charge in [-0.1, -0.05) is 46.3 Å². The van der Waals surface area contributed by atoms with Crippen LogP contribution < -0.4 is 14.8 Å². The van der Waals surface area contributed by atoms with E-state index in [2.05, 4.69) is 45.5 Å². The van der Waals surface area contributed by atoms with Crippen LogP contribution in [0.3, 0.4) is 0 Å². The zero-order valence-electron chi connectivity index (χ0n) is 15.1. The fourth-order valence-corrected chi connectivity index (χ4v) is 3.72. The molecule has 3 aromatic rings. The average molecular weight is 426 g/mol. The molecule has 0 amide bonds. The molecule has 0 radical (unpaired) electrons. The van der Waals surface area contributed by atoms with Gasteiger partial charge in [0.2, 0.25) is 0 Å². The molecule has 0 bridgehead atoms. The molecule has 5 heteroatoms. The van der Waals surface area contributed by atoms with Gasteiger partial charge >= 0.3 is 0 Å². The molecular formula is C22H20BrNO3. The second-order valence-electron chi connectivity index (χ2n) is 6.29. The van der Waals surface area contributed by atoms with Crippen LogP contribution in [-0.4, -0.2) is 14.2 Å². The molecule has 3 aromatic carbocycles. The molecule has 4 rings (SSSR count). The molecule has 0 fully saturated rings. The number of nitrogens with one attached hydrogen (secondary N) is 1. The van der Waals surface area contributed by atoms with Crippen LogP contribution in [0.4, 0.5) is 5.69 Å². The maximum atomic E-state index is 6.50. The zero-order valence-corrected chi connectivity index (χ0v) is 16.7. The molecule has 0 unspecified atom stereocenters. The summed E-state index contributed by atoms with van der Waals surface area (Å²) in [5, 5.41) is 3.49. The molecule has 0 aromatic heterocycles. The molecule has 138 valence electrons. The molecular weight excluding hydrogens is 406 g/mol. The highest BCUT2D eigenvalue weighted by atomic mass is 79.9. The van der Waals surface area contributed by atoms with Crippen molar-refractivity contribution in [2.24, 2.45) is 0 Å². The Morgan fingerprint density at radius 3 is 2.44 bits per heavy atom. The first-order valence-corrected chi connectivity index (χ1v) is 9.47. The molecule has 1 heterocycles. The van der Waals surface area contributed by atoms with E-state index in [1.807, 2.05) is 42.5 Å². The van der Waals surface area contributed by atoms with E-state index >= 15 is 0 Å². The number of methoxy groups -OCH3 is 2. The number of hydrogen-bond donors (Lipinski definition) is 1. The van der Waals surface area contributed by atoms with Crippen molar-refractivity contribution in [2.75, 3.05) is 19.5 Å². The van der Waals surface area contributed by atoms with E-state index in [4.69, 9.17) is 14.2 Å². The van der Waals surface area contributed by atoms with Crippen LogP contribution in [0.25, 0.3) is 0 Å². The maximum absolute atomic E-state index is 6.50. The average Bonchev–Trinajstić information content (AvgIpc) is 2.73. The Morgan fingerprint density at radius 2 is 1.70 bits per heavy atom. The van der Waals surface area contributed by atoms with Crippen LogP contribution in [-0.2, 0) is 4.74 Å². The first kappa shape index (κ1) is 17.9. The van der Waals surface area contributed by atoms with Gasteiger partial charge in [-0.3, -0.25) is 0 Å². The lowest BCUT2D eigenvalue weighted by Crippen LogP contribution is -2.25. The molecule has 1 aliphatic rings. The summed E-state index contributed by atoms with van der Waals surface area (Å²) < 4.78 is 18.4. The lowest BCUT2D eigenvalue weighted by Gasteiger charge is -2.35. The molecule has 2 atom stereocenters. The van der Waals surface area contributed by atoms with Crippen molar-refractivity contribution in [2.45, 2.75) is 12.3 Å². The van der Waals surface area contributed by atoms with Gasteiger partial charge in [0, 0.05) is 27.4 Å². The van der Waals surface area contributed by atoms with Crippen LogP contribution in [0.1, 0.15) is 29.0 Å². The molecule has 0 spiro atoms. The monoisotopic (exact) mass is 425 g/mol. The normalized spacial score (nSPS) is 18.3. The smallest absolute Gasteiger partial charge is 0.158 e. The van der Waals surface area contributed by atoms with Crippen molar-refractivity contribution in [1.82, 2.24) is 0 Å². The van der Waals surface area contributed by atoms with Gasteiger partial charge in [0.1, 0.15) is 17.6 Å². The molecule has 1 aliphatic heterocycles. The number of halogens is 1. The number of benzene rings is 3. The van der Waals surface area contributed by atoms with E-state index in [1.54, 1.807) is 14.2 Å². The van der Waals surface area contributed by atoms with Gasteiger partial charge in [-0.15, -0.1) is 0 Å². The fraction of sp³-hybridized carbons (Fsp3) is 0.182. The highest BCUT2D eigenvalue weighted by molar-refractivity contribution is 9.10. The van der Waals surface area contributed by atoms with E-state index in [1.165, 1.54) is 0 Å². The SMILES string of the molecule is COc1ccc([C@H]2Nc3ccc(Br)cc3[C@H](c3ccccc3)O2)c(OC)c1. The Labute approximate surface area is 167 Å².